The van der Waals surface area contributed by atoms with Crippen LogP contribution < -0.4 is 11.1 Å². The van der Waals surface area contributed by atoms with Gasteiger partial charge in [0.05, 0.1) is 0 Å². The number of nitrogens with zero attached hydrogens (tertiary/aromatic N) is 2. The van der Waals surface area contributed by atoms with Crippen molar-refractivity contribution in [3.63, 3.8) is 0 Å². The molecule has 1 heterocycles. The molecule has 4 rings (SSSR count). The highest BCUT2D eigenvalue weighted by molar-refractivity contribution is 5.55. The zero-order chi connectivity index (χ0) is 13.0. The molecule has 0 saturated heterocycles. The SMILES string of the molecule is Cc1c(N)nc(C2CC2)nc1NCC1(C2CC2)CC1. The Morgan fingerprint density at radius 3 is 2.53 bits per heavy atom. The number of nitrogens with two attached hydrogens (primary N) is 1. The van der Waals surface area contributed by atoms with E-state index < -0.39 is 0 Å². The van der Waals surface area contributed by atoms with Gasteiger partial charge in [0.25, 0.3) is 0 Å². The summed E-state index contributed by atoms with van der Waals surface area (Å²) in [6, 6.07) is 0. The molecule has 0 bridgehead atoms. The third-order valence-electron chi connectivity index (χ3n) is 5.09. The Kier molecular flexibility index (Phi) is 2.32. The molecule has 0 amide bonds. The molecule has 0 radical (unpaired) electrons. The molecule has 1 aromatic heterocycles. The molecule has 3 aliphatic rings. The van der Waals surface area contributed by atoms with E-state index in [4.69, 9.17) is 10.7 Å². The first kappa shape index (κ1) is 11.5. The number of rotatable bonds is 5. The van der Waals surface area contributed by atoms with Crippen LogP contribution in [0, 0.1) is 18.3 Å². The first-order valence-corrected chi connectivity index (χ1v) is 7.56. The second kappa shape index (κ2) is 3.84. The Morgan fingerprint density at radius 1 is 1.21 bits per heavy atom. The summed E-state index contributed by atoms with van der Waals surface area (Å²) in [5.41, 5.74) is 7.62. The molecule has 4 heteroatoms. The average Bonchev–Trinajstić information content (AvgIpc) is 3.28. The lowest BCUT2D eigenvalue weighted by Gasteiger charge is -2.17. The van der Waals surface area contributed by atoms with E-state index in [2.05, 4.69) is 10.3 Å². The molecular formula is C15H22N4. The van der Waals surface area contributed by atoms with E-state index in [-0.39, 0.29) is 0 Å². The fourth-order valence-corrected chi connectivity index (χ4v) is 3.09. The van der Waals surface area contributed by atoms with Crippen LogP contribution in [0.3, 0.4) is 0 Å². The number of nitrogen functional groups attached to an aromatic ring is 1. The quantitative estimate of drug-likeness (QED) is 0.852. The van der Waals surface area contributed by atoms with Gasteiger partial charge in [-0.15, -0.1) is 0 Å². The van der Waals surface area contributed by atoms with E-state index in [9.17, 15) is 0 Å². The van der Waals surface area contributed by atoms with Crippen LogP contribution >= 0.6 is 0 Å². The predicted octanol–water partition coefficient (Wildman–Crippen LogP) is 2.85. The lowest BCUT2D eigenvalue weighted by atomic mass is 10.0. The molecule has 19 heavy (non-hydrogen) atoms. The fraction of sp³-hybridized carbons (Fsp3) is 0.733. The van der Waals surface area contributed by atoms with Crippen molar-refractivity contribution in [2.75, 3.05) is 17.6 Å². The maximum absolute atomic E-state index is 6.02. The molecule has 3 aliphatic carbocycles. The van der Waals surface area contributed by atoms with Crippen LogP contribution in [-0.2, 0) is 0 Å². The molecular weight excluding hydrogens is 236 g/mol. The molecule has 0 aliphatic heterocycles. The summed E-state index contributed by atoms with van der Waals surface area (Å²) in [4.78, 5) is 9.13. The first-order chi connectivity index (χ1) is 9.18. The zero-order valence-corrected chi connectivity index (χ0v) is 11.6. The van der Waals surface area contributed by atoms with Gasteiger partial charge in [-0.1, -0.05) is 0 Å². The fourth-order valence-electron chi connectivity index (χ4n) is 3.09. The summed E-state index contributed by atoms with van der Waals surface area (Å²) in [6.07, 6.45) is 8.07. The van der Waals surface area contributed by atoms with Gasteiger partial charge >= 0.3 is 0 Å². The number of nitrogens with one attached hydrogen (secondary N) is 1. The molecule has 0 atom stereocenters. The van der Waals surface area contributed by atoms with Gasteiger partial charge in [0, 0.05) is 18.0 Å². The minimum atomic E-state index is 0.557. The molecule has 3 fully saturated rings. The van der Waals surface area contributed by atoms with Crippen molar-refractivity contribution < 1.29 is 0 Å². The van der Waals surface area contributed by atoms with Crippen LogP contribution in [0.4, 0.5) is 11.6 Å². The standard InChI is InChI=1S/C15H22N4/c1-9-12(16)18-14(10-2-3-10)19-13(9)17-8-15(6-7-15)11-4-5-11/h10-11H,2-8H2,1H3,(H3,16,17,18,19). The Hall–Kier alpha value is -1.32. The van der Waals surface area contributed by atoms with Crippen LogP contribution in [0.2, 0.25) is 0 Å². The van der Waals surface area contributed by atoms with E-state index in [0.29, 0.717) is 17.2 Å². The lowest BCUT2D eigenvalue weighted by Crippen LogP contribution is -2.19. The highest BCUT2D eigenvalue weighted by atomic mass is 15.1. The van der Waals surface area contributed by atoms with Crippen LogP contribution in [0.1, 0.15) is 55.8 Å². The molecule has 3 saturated carbocycles. The maximum Gasteiger partial charge on any atom is 0.136 e. The van der Waals surface area contributed by atoms with Crippen LogP contribution in [-0.4, -0.2) is 16.5 Å². The second-order valence-corrected chi connectivity index (χ2v) is 6.71. The predicted molar refractivity (Wildman–Crippen MR) is 76.0 cm³/mol. The molecule has 1 aromatic rings. The van der Waals surface area contributed by atoms with Crippen molar-refractivity contribution in [3.8, 4) is 0 Å². The number of hydrogen-bond donors (Lipinski definition) is 2. The Labute approximate surface area is 114 Å². The van der Waals surface area contributed by atoms with E-state index >= 15 is 0 Å². The highest BCUT2D eigenvalue weighted by Gasteiger charge is 2.53. The second-order valence-electron chi connectivity index (χ2n) is 6.71. The number of hydrogen-bond acceptors (Lipinski definition) is 4. The van der Waals surface area contributed by atoms with Gasteiger partial charge < -0.3 is 11.1 Å². The molecule has 102 valence electrons. The van der Waals surface area contributed by atoms with Crippen molar-refractivity contribution in [3.05, 3.63) is 11.4 Å². The van der Waals surface area contributed by atoms with E-state index in [1.165, 1.54) is 38.5 Å². The first-order valence-electron chi connectivity index (χ1n) is 7.56. The number of aromatic nitrogens is 2. The topological polar surface area (TPSA) is 63.8 Å². The minimum Gasteiger partial charge on any atom is -0.383 e. The summed E-state index contributed by atoms with van der Waals surface area (Å²) >= 11 is 0. The zero-order valence-electron chi connectivity index (χ0n) is 11.6. The summed E-state index contributed by atoms with van der Waals surface area (Å²) in [6.45, 7) is 3.09. The Morgan fingerprint density at radius 2 is 1.95 bits per heavy atom. The largest absolute Gasteiger partial charge is 0.383 e. The monoisotopic (exact) mass is 258 g/mol. The van der Waals surface area contributed by atoms with Crippen molar-refractivity contribution in [1.29, 1.82) is 0 Å². The van der Waals surface area contributed by atoms with Gasteiger partial charge in [-0.3, -0.25) is 0 Å². The normalized spacial score (nSPS) is 24.3. The minimum absolute atomic E-state index is 0.557. The van der Waals surface area contributed by atoms with Crippen molar-refractivity contribution in [1.82, 2.24) is 9.97 Å². The summed E-state index contributed by atoms with van der Waals surface area (Å²) < 4.78 is 0. The van der Waals surface area contributed by atoms with Gasteiger partial charge in [-0.25, -0.2) is 9.97 Å². The smallest absolute Gasteiger partial charge is 0.136 e. The van der Waals surface area contributed by atoms with Gasteiger partial charge in [0.1, 0.15) is 17.5 Å². The van der Waals surface area contributed by atoms with Gasteiger partial charge in [-0.2, -0.15) is 0 Å². The summed E-state index contributed by atoms with van der Waals surface area (Å²) in [5, 5.41) is 3.57. The van der Waals surface area contributed by atoms with Crippen molar-refractivity contribution in [2.24, 2.45) is 11.3 Å². The third-order valence-corrected chi connectivity index (χ3v) is 5.09. The van der Waals surface area contributed by atoms with Crippen molar-refractivity contribution in [2.45, 2.75) is 51.4 Å². The Balaban J connectivity index is 1.53. The summed E-state index contributed by atoms with van der Waals surface area (Å²) in [5.74, 6) is 4.10. The maximum atomic E-state index is 6.02. The Bertz CT molecular complexity index is 513. The highest BCUT2D eigenvalue weighted by Crippen LogP contribution is 2.61. The van der Waals surface area contributed by atoms with Crippen LogP contribution in [0.5, 0.6) is 0 Å². The number of anilines is 2. The van der Waals surface area contributed by atoms with Crippen molar-refractivity contribution >= 4 is 11.6 Å². The summed E-state index contributed by atoms with van der Waals surface area (Å²) in [7, 11) is 0. The third kappa shape index (κ3) is 2.07. The van der Waals surface area contributed by atoms with E-state index in [0.717, 1.165) is 29.7 Å². The van der Waals surface area contributed by atoms with Gasteiger partial charge in [0.15, 0.2) is 0 Å². The van der Waals surface area contributed by atoms with Gasteiger partial charge in [-0.05, 0) is 56.8 Å². The molecule has 0 aromatic carbocycles. The van der Waals surface area contributed by atoms with Crippen LogP contribution in [0.25, 0.3) is 0 Å². The van der Waals surface area contributed by atoms with E-state index in [1.54, 1.807) is 0 Å². The molecule has 0 unspecified atom stereocenters. The molecule has 3 N–H and O–H groups in total. The van der Waals surface area contributed by atoms with Gasteiger partial charge in [0.2, 0.25) is 0 Å². The lowest BCUT2D eigenvalue weighted by molar-refractivity contribution is 0.466. The molecule has 0 spiro atoms. The average molecular weight is 258 g/mol. The van der Waals surface area contributed by atoms with Crippen LogP contribution in [0.15, 0.2) is 0 Å². The molecule has 4 nitrogen and oxygen atoms in total. The van der Waals surface area contributed by atoms with E-state index in [1.807, 2.05) is 6.92 Å².